The second-order valence-electron chi connectivity index (χ2n) is 6.29. The lowest BCUT2D eigenvalue weighted by Crippen LogP contribution is -2.48. The fourth-order valence-corrected chi connectivity index (χ4v) is 3.27. The number of carbonyl (C=O) groups excluding carboxylic acids is 1. The van der Waals surface area contributed by atoms with Gasteiger partial charge in [0.1, 0.15) is 0 Å². The molecule has 3 N–H and O–H groups in total. The molecule has 0 radical (unpaired) electrons. The van der Waals surface area contributed by atoms with Gasteiger partial charge in [-0.3, -0.25) is 0 Å². The maximum Gasteiger partial charge on any atom is 0.314 e. The van der Waals surface area contributed by atoms with Crippen molar-refractivity contribution in [2.24, 2.45) is 5.92 Å². The number of benzene rings is 1. The normalized spacial score (nSPS) is 17.4. The Balaban J connectivity index is 1.86. The van der Waals surface area contributed by atoms with Crippen LogP contribution in [-0.4, -0.2) is 30.8 Å². The smallest absolute Gasteiger partial charge is 0.314 e. The molecule has 2 rings (SSSR count). The van der Waals surface area contributed by atoms with Gasteiger partial charge in [0.2, 0.25) is 0 Å². The highest BCUT2D eigenvalue weighted by Crippen LogP contribution is 2.45. The Morgan fingerprint density at radius 2 is 2.09 bits per heavy atom. The van der Waals surface area contributed by atoms with Gasteiger partial charge in [0.15, 0.2) is 0 Å². The molecule has 0 aromatic heterocycles. The quantitative estimate of drug-likeness (QED) is 0.722. The molecule has 22 heavy (non-hydrogen) atoms. The lowest BCUT2D eigenvalue weighted by atomic mass is 9.64. The maximum atomic E-state index is 11.9. The Kier molecular flexibility index (Phi) is 6.09. The Bertz CT molecular complexity index is 503. The Morgan fingerprint density at radius 1 is 1.36 bits per heavy atom. The van der Waals surface area contributed by atoms with Gasteiger partial charge in [-0.2, -0.15) is 0 Å². The van der Waals surface area contributed by atoms with Crippen molar-refractivity contribution in [2.45, 2.75) is 38.0 Å². The summed E-state index contributed by atoms with van der Waals surface area (Å²) in [5, 5.41) is 15.5. The van der Waals surface area contributed by atoms with Crippen LogP contribution in [0.1, 0.15) is 38.2 Å². The maximum absolute atomic E-state index is 11.9. The van der Waals surface area contributed by atoms with Gasteiger partial charge in [0, 0.05) is 30.1 Å². The molecular formula is C17H25ClN2O2. The predicted octanol–water partition coefficient (Wildman–Crippen LogP) is 3.08. The Morgan fingerprint density at radius 3 is 2.68 bits per heavy atom. The summed E-state index contributed by atoms with van der Waals surface area (Å²) in [4.78, 5) is 11.9. The number of hydrogen-bond acceptors (Lipinski definition) is 2. The van der Waals surface area contributed by atoms with E-state index in [1.54, 1.807) is 0 Å². The highest BCUT2D eigenvalue weighted by atomic mass is 35.5. The summed E-state index contributed by atoms with van der Waals surface area (Å²) in [5.41, 5.74) is 1.11. The van der Waals surface area contributed by atoms with E-state index in [1.807, 2.05) is 25.1 Å². The molecule has 0 saturated heterocycles. The van der Waals surface area contributed by atoms with Gasteiger partial charge in [-0.1, -0.05) is 43.1 Å². The van der Waals surface area contributed by atoms with Crippen molar-refractivity contribution in [3.8, 4) is 0 Å². The third-order valence-corrected chi connectivity index (χ3v) is 4.91. The number of aliphatic hydroxyl groups is 1. The topological polar surface area (TPSA) is 61.4 Å². The van der Waals surface area contributed by atoms with Crippen LogP contribution in [-0.2, 0) is 5.41 Å². The number of urea groups is 1. The summed E-state index contributed by atoms with van der Waals surface area (Å²) >= 11 is 6.32. The zero-order chi connectivity index (χ0) is 16.0. The molecule has 1 aromatic rings. The highest BCUT2D eigenvalue weighted by molar-refractivity contribution is 6.31. The summed E-state index contributed by atoms with van der Waals surface area (Å²) in [5.74, 6) is 0.275. The molecule has 1 unspecified atom stereocenters. The number of nitrogens with one attached hydrogen (secondary N) is 2. The number of aliphatic hydroxyl groups excluding tert-OH is 1. The fourth-order valence-electron chi connectivity index (χ4n) is 2.94. The van der Waals surface area contributed by atoms with Crippen molar-refractivity contribution in [3.05, 3.63) is 34.9 Å². The highest BCUT2D eigenvalue weighted by Gasteiger charge is 2.40. The van der Waals surface area contributed by atoms with E-state index in [1.165, 1.54) is 6.42 Å². The minimum atomic E-state index is -0.150. The Hall–Kier alpha value is -1.26. The van der Waals surface area contributed by atoms with E-state index in [-0.39, 0.29) is 24.0 Å². The zero-order valence-corrected chi connectivity index (χ0v) is 13.8. The molecule has 1 atom stereocenters. The van der Waals surface area contributed by atoms with E-state index in [0.717, 1.165) is 23.4 Å². The zero-order valence-electron chi connectivity index (χ0n) is 13.1. The minimum Gasteiger partial charge on any atom is -0.396 e. The monoisotopic (exact) mass is 324 g/mol. The molecular weight excluding hydrogens is 300 g/mol. The van der Waals surface area contributed by atoms with Crippen molar-refractivity contribution in [2.75, 3.05) is 19.7 Å². The van der Waals surface area contributed by atoms with E-state index in [2.05, 4.69) is 16.7 Å². The largest absolute Gasteiger partial charge is 0.396 e. The molecule has 5 heteroatoms. The van der Waals surface area contributed by atoms with Gasteiger partial charge in [-0.25, -0.2) is 4.79 Å². The van der Waals surface area contributed by atoms with Crippen LogP contribution in [0, 0.1) is 5.92 Å². The van der Waals surface area contributed by atoms with Crippen LogP contribution < -0.4 is 10.6 Å². The predicted molar refractivity (Wildman–Crippen MR) is 89.2 cm³/mol. The summed E-state index contributed by atoms with van der Waals surface area (Å²) < 4.78 is 0. The number of halogens is 1. The van der Waals surface area contributed by atoms with Crippen LogP contribution in [0.15, 0.2) is 24.3 Å². The van der Waals surface area contributed by atoms with E-state index in [4.69, 9.17) is 16.7 Å². The standard InChI is InChI=1S/C17H25ClN2O2/c1-13(7-10-21)11-19-16(22)20-12-17(8-4-9-17)14-5-2-3-6-15(14)18/h2-3,5-6,13,21H,4,7-12H2,1H3,(H2,19,20,22). The van der Waals surface area contributed by atoms with E-state index in [0.29, 0.717) is 19.5 Å². The van der Waals surface area contributed by atoms with Crippen molar-refractivity contribution in [1.82, 2.24) is 10.6 Å². The molecule has 1 aliphatic carbocycles. The van der Waals surface area contributed by atoms with Crippen LogP contribution in [0.25, 0.3) is 0 Å². The first-order chi connectivity index (χ1) is 10.6. The summed E-state index contributed by atoms with van der Waals surface area (Å²) in [6.45, 7) is 3.34. The molecule has 2 amide bonds. The Labute approximate surface area is 137 Å². The number of rotatable bonds is 7. The second kappa shape index (κ2) is 7.84. The van der Waals surface area contributed by atoms with Crippen molar-refractivity contribution >= 4 is 17.6 Å². The SMILES string of the molecule is CC(CCO)CNC(=O)NCC1(c2ccccc2Cl)CCC1. The van der Waals surface area contributed by atoms with E-state index >= 15 is 0 Å². The molecule has 1 fully saturated rings. The molecule has 122 valence electrons. The van der Waals surface area contributed by atoms with Crippen molar-refractivity contribution in [1.29, 1.82) is 0 Å². The van der Waals surface area contributed by atoms with Gasteiger partial charge in [-0.15, -0.1) is 0 Å². The molecule has 1 aliphatic rings. The van der Waals surface area contributed by atoms with E-state index < -0.39 is 0 Å². The average molecular weight is 325 g/mol. The van der Waals surface area contributed by atoms with Crippen LogP contribution in [0.5, 0.6) is 0 Å². The van der Waals surface area contributed by atoms with Gasteiger partial charge in [-0.05, 0) is 36.8 Å². The molecule has 0 heterocycles. The first-order valence-electron chi connectivity index (χ1n) is 7.95. The van der Waals surface area contributed by atoms with Crippen molar-refractivity contribution < 1.29 is 9.90 Å². The van der Waals surface area contributed by atoms with Gasteiger partial charge >= 0.3 is 6.03 Å². The van der Waals surface area contributed by atoms with Gasteiger partial charge in [0.25, 0.3) is 0 Å². The van der Waals surface area contributed by atoms with E-state index in [9.17, 15) is 4.79 Å². The number of hydrogen-bond donors (Lipinski definition) is 3. The average Bonchev–Trinajstić information content (AvgIpc) is 2.46. The molecule has 4 nitrogen and oxygen atoms in total. The second-order valence-corrected chi connectivity index (χ2v) is 6.70. The fraction of sp³-hybridized carbons (Fsp3) is 0.588. The summed E-state index contributed by atoms with van der Waals surface area (Å²) in [6.07, 6.45) is 3.97. The molecule has 0 aliphatic heterocycles. The first-order valence-corrected chi connectivity index (χ1v) is 8.33. The van der Waals surface area contributed by atoms with Crippen LogP contribution in [0.3, 0.4) is 0 Å². The summed E-state index contributed by atoms with van der Waals surface area (Å²) in [7, 11) is 0. The molecule has 0 bridgehead atoms. The summed E-state index contributed by atoms with van der Waals surface area (Å²) in [6, 6.07) is 7.75. The van der Waals surface area contributed by atoms with Crippen LogP contribution >= 0.6 is 11.6 Å². The third-order valence-electron chi connectivity index (χ3n) is 4.58. The lowest BCUT2D eigenvalue weighted by molar-refractivity contribution is 0.212. The third kappa shape index (κ3) is 4.14. The van der Waals surface area contributed by atoms with Crippen molar-refractivity contribution in [3.63, 3.8) is 0 Å². The van der Waals surface area contributed by atoms with Crippen LogP contribution in [0.4, 0.5) is 4.79 Å². The van der Waals surface area contributed by atoms with Gasteiger partial charge < -0.3 is 15.7 Å². The molecule has 1 saturated carbocycles. The van der Waals surface area contributed by atoms with Crippen LogP contribution in [0.2, 0.25) is 5.02 Å². The number of amides is 2. The van der Waals surface area contributed by atoms with Gasteiger partial charge in [0.05, 0.1) is 0 Å². The molecule has 0 spiro atoms. The number of carbonyl (C=O) groups is 1. The lowest BCUT2D eigenvalue weighted by Gasteiger charge is -2.43. The molecule has 1 aromatic carbocycles. The minimum absolute atomic E-state index is 0.0214. The first kappa shape index (κ1) is 17.1.